The lowest BCUT2D eigenvalue weighted by atomic mass is 9.91. The first-order valence-electron chi connectivity index (χ1n) is 9.26. The largest absolute Gasteiger partial charge is 0.311 e. The van der Waals surface area contributed by atoms with Crippen molar-refractivity contribution in [2.75, 3.05) is 6.54 Å². The van der Waals surface area contributed by atoms with Crippen LogP contribution in [0.2, 0.25) is 0 Å². The molecule has 0 amide bonds. The molecule has 2 nitrogen and oxygen atoms in total. The molecule has 1 saturated heterocycles. The molecular weight excluding hydrogens is 304 g/mol. The van der Waals surface area contributed by atoms with Crippen LogP contribution in [0.25, 0.3) is 0 Å². The fourth-order valence-electron chi connectivity index (χ4n) is 4.09. The van der Waals surface area contributed by atoms with Gasteiger partial charge in [-0.05, 0) is 24.3 Å². The lowest BCUT2D eigenvalue weighted by Gasteiger charge is -2.35. The van der Waals surface area contributed by atoms with Crippen molar-refractivity contribution in [1.29, 1.82) is 0 Å². The Morgan fingerprint density at radius 2 is 1.32 bits per heavy atom. The van der Waals surface area contributed by atoms with Gasteiger partial charge in [-0.15, -0.1) is 0 Å². The number of nitrogens with one attached hydrogen (secondary N) is 1. The molecule has 3 aromatic rings. The molecule has 4 rings (SSSR count). The van der Waals surface area contributed by atoms with Gasteiger partial charge < -0.3 is 5.32 Å². The van der Waals surface area contributed by atoms with Gasteiger partial charge in [0.15, 0.2) is 0 Å². The average molecular weight is 330 g/mol. The Morgan fingerprint density at radius 1 is 0.720 bits per heavy atom. The van der Waals surface area contributed by atoms with Gasteiger partial charge in [0.05, 0.1) is 13.0 Å². The number of quaternary nitrogens is 2. The number of piperidine rings is 1. The predicted molar refractivity (Wildman–Crippen MR) is 102 cm³/mol. The first-order valence-corrected chi connectivity index (χ1v) is 9.26. The monoisotopic (exact) mass is 330 g/mol. The third-order valence-electron chi connectivity index (χ3n) is 5.32. The summed E-state index contributed by atoms with van der Waals surface area (Å²) in [5, 5.41) is 2.47. The van der Waals surface area contributed by atoms with Gasteiger partial charge in [-0.3, -0.25) is 4.90 Å². The van der Waals surface area contributed by atoms with E-state index in [1.54, 1.807) is 4.90 Å². The molecule has 1 aliphatic heterocycles. The number of hydrogen-bond donors (Lipinski definition) is 2. The molecule has 1 unspecified atom stereocenters. The Hall–Kier alpha value is -2.42. The zero-order chi connectivity index (χ0) is 16.9. The summed E-state index contributed by atoms with van der Waals surface area (Å²) in [5.74, 6) is 0. The Balaban J connectivity index is 1.58. The molecule has 0 saturated carbocycles. The highest BCUT2D eigenvalue weighted by Gasteiger charge is 2.36. The molecule has 1 aliphatic rings. The molecule has 0 aliphatic carbocycles. The number of rotatable bonds is 4. The molecule has 0 radical (unpaired) electrons. The van der Waals surface area contributed by atoms with Crippen LogP contribution in [0.15, 0.2) is 91.0 Å². The zero-order valence-corrected chi connectivity index (χ0v) is 14.5. The predicted octanol–water partition coefficient (Wildman–Crippen LogP) is 3.00. The summed E-state index contributed by atoms with van der Waals surface area (Å²) in [6, 6.07) is 33.9. The number of benzene rings is 3. The van der Waals surface area contributed by atoms with Gasteiger partial charge in [0.25, 0.3) is 0 Å². The third kappa shape index (κ3) is 3.81. The standard InChI is InChI=1S/C23H24N2/c1-4-10-19(11-5-1)23-18-21(24-20-12-6-2-7-13-20)16-17-25(23)22-14-8-3-9-15-22/h1-15,21,23-24H,16-18H2/p+2/t21-,23-/m0/s1. The molecule has 2 heteroatoms. The van der Waals surface area contributed by atoms with Gasteiger partial charge in [-0.2, -0.15) is 0 Å². The number of nitrogens with two attached hydrogens (primary N) is 1. The van der Waals surface area contributed by atoms with Crippen molar-refractivity contribution in [3.05, 3.63) is 96.6 Å². The fraction of sp³-hybridized carbons (Fsp3) is 0.217. The van der Waals surface area contributed by atoms with E-state index in [0.717, 1.165) is 0 Å². The molecule has 0 bridgehead atoms. The van der Waals surface area contributed by atoms with Gasteiger partial charge in [-0.25, -0.2) is 0 Å². The highest BCUT2D eigenvalue weighted by Crippen LogP contribution is 2.21. The third-order valence-corrected chi connectivity index (χ3v) is 5.32. The average Bonchev–Trinajstić information content (AvgIpc) is 2.70. The minimum absolute atomic E-state index is 0.516. The van der Waals surface area contributed by atoms with Crippen LogP contribution in [0.5, 0.6) is 0 Å². The van der Waals surface area contributed by atoms with Crippen molar-refractivity contribution in [3.63, 3.8) is 0 Å². The maximum atomic E-state index is 2.47. The van der Waals surface area contributed by atoms with Crippen molar-refractivity contribution in [2.45, 2.75) is 24.9 Å². The maximum absolute atomic E-state index is 2.47. The fourth-order valence-corrected chi connectivity index (χ4v) is 4.09. The van der Waals surface area contributed by atoms with E-state index in [0.29, 0.717) is 12.1 Å². The van der Waals surface area contributed by atoms with Crippen LogP contribution < -0.4 is 10.2 Å². The van der Waals surface area contributed by atoms with E-state index >= 15 is 0 Å². The van der Waals surface area contributed by atoms with E-state index in [-0.39, 0.29) is 0 Å². The second kappa shape index (κ2) is 7.64. The Kier molecular flexibility index (Phi) is 4.91. The van der Waals surface area contributed by atoms with E-state index in [9.17, 15) is 0 Å². The highest BCUT2D eigenvalue weighted by molar-refractivity contribution is 5.30. The zero-order valence-electron chi connectivity index (χ0n) is 14.5. The van der Waals surface area contributed by atoms with Crippen LogP contribution in [0.1, 0.15) is 24.4 Å². The van der Waals surface area contributed by atoms with Crippen molar-refractivity contribution >= 4 is 11.4 Å². The molecule has 1 heterocycles. The van der Waals surface area contributed by atoms with Crippen molar-refractivity contribution in [3.8, 4) is 0 Å². The molecule has 1 fully saturated rings. The number of hydrogen-bond acceptors (Lipinski definition) is 0. The van der Waals surface area contributed by atoms with Crippen LogP contribution in [0.4, 0.5) is 11.4 Å². The van der Waals surface area contributed by atoms with Gasteiger partial charge in [0, 0.05) is 12.0 Å². The van der Waals surface area contributed by atoms with E-state index < -0.39 is 0 Å². The molecule has 126 valence electrons. The van der Waals surface area contributed by atoms with Crippen molar-refractivity contribution in [1.82, 2.24) is 0 Å². The van der Waals surface area contributed by atoms with Gasteiger partial charge in [0.2, 0.25) is 0 Å². The van der Waals surface area contributed by atoms with Crippen molar-refractivity contribution in [2.24, 2.45) is 0 Å². The topological polar surface area (TPSA) is 21.1 Å². The Morgan fingerprint density at radius 3 is 2.00 bits per heavy atom. The number of para-hydroxylation sites is 2. The Labute approximate surface area is 150 Å². The molecule has 3 atom stereocenters. The molecule has 25 heavy (non-hydrogen) atoms. The maximum Gasteiger partial charge on any atom is 0.131 e. The summed E-state index contributed by atoms with van der Waals surface area (Å²) in [7, 11) is 0. The first kappa shape index (κ1) is 16.1. The van der Waals surface area contributed by atoms with Crippen LogP contribution in [0, 0.1) is 0 Å². The first-order chi connectivity index (χ1) is 12.4. The second-order valence-electron chi connectivity index (χ2n) is 6.97. The molecule has 0 aromatic heterocycles. The second-order valence-corrected chi connectivity index (χ2v) is 6.97. The Bertz CT molecular complexity index is 771. The van der Waals surface area contributed by atoms with E-state index in [2.05, 4.69) is 96.3 Å². The van der Waals surface area contributed by atoms with Gasteiger partial charge in [0.1, 0.15) is 23.5 Å². The summed E-state index contributed by atoms with van der Waals surface area (Å²) >= 11 is 0. The molecule has 0 spiro atoms. The van der Waals surface area contributed by atoms with Crippen LogP contribution in [-0.2, 0) is 0 Å². The van der Waals surface area contributed by atoms with Crippen LogP contribution in [-0.4, -0.2) is 12.6 Å². The normalized spacial score (nSPS) is 23.3. The summed E-state index contributed by atoms with van der Waals surface area (Å²) in [5.41, 5.74) is 4.21. The molecular formula is C23H26N2+2. The minimum Gasteiger partial charge on any atom is -0.311 e. The van der Waals surface area contributed by atoms with Crippen molar-refractivity contribution < 1.29 is 10.2 Å². The molecule has 3 aromatic carbocycles. The summed E-state index contributed by atoms with van der Waals surface area (Å²) in [4.78, 5) is 1.60. The highest BCUT2D eigenvalue weighted by atomic mass is 15.2. The van der Waals surface area contributed by atoms with Gasteiger partial charge in [-0.1, -0.05) is 66.7 Å². The smallest absolute Gasteiger partial charge is 0.131 e. The molecule has 3 N–H and O–H groups in total. The van der Waals surface area contributed by atoms with E-state index in [1.165, 1.54) is 36.3 Å². The summed E-state index contributed by atoms with van der Waals surface area (Å²) in [6.07, 6.45) is 2.44. The lowest BCUT2D eigenvalue weighted by Crippen LogP contribution is -3.10. The van der Waals surface area contributed by atoms with Crippen LogP contribution in [0.3, 0.4) is 0 Å². The SMILES string of the molecule is c1ccc([NH2+][C@H]2CC[NH+](c3ccccc3)[C@H](c3ccccc3)C2)cc1. The minimum atomic E-state index is 0.516. The van der Waals surface area contributed by atoms with Gasteiger partial charge >= 0.3 is 0 Å². The summed E-state index contributed by atoms with van der Waals surface area (Å²) in [6.45, 7) is 1.18. The summed E-state index contributed by atoms with van der Waals surface area (Å²) < 4.78 is 0. The van der Waals surface area contributed by atoms with Crippen LogP contribution >= 0.6 is 0 Å². The quantitative estimate of drug-likeness (QED) is 0.686. The van der Waals surface area contributed by atoms with E-state index in [1.807, 2.05) is 0 Å². The van der Waals surface area contributed by atoms with E-state index in [4.69, 9.17) is 0 Å². The lowest BCUT2D eigenvalue weighted by molar-refractivity contribution is -0.882.